The summed E-state index contributed by atoms with van der Waals surface area (Å²) in [4.78, 5) is 36.2. The Morgan fingerprint density at radius 2 is 1.97 bits per heavy atom. The van der Waals surface area contributed by atoms with Crippen LogP contribution in [0.25, 0.3) is 0 Å². The number of esters is 1. The van der Waals surface area contributed by atoms with Crippen molar-refractivity contribution >= 4 is 17.5 Å². The van der Waals surface area contributed by atoms with E-state index < -0.39 is 23.4 Å². The molecule has 3 saturated carbocycles. The second-order valence-electron chi connectivity index (χ2n) is 9.90. The van der Waals surface area contributed by atoms with Crippen LogP contribution in [-0.4, -0.2) is 35.4 Å². The molecule has 0 radical (unpaired) electrons. The molecule has 0 amide bonds. The summed E-state index contributed by atoms with van der Waals surface area (Å²) < 4.78 is 4.98. The number of hydrogen-bond donors (Lipinski definition) is 1. The maximum atomic E-state index is 13.0. The third kappa shape index (κ3) is 2.82. The lowest BCUT2D eigenvalue weighted by atomic mass is 9.46. The monoisotopic (exact) mass is 410 g/mol. The molecule has 4 aliphatic carbocycles. The van der Waals surface area contributed by atoms with Gasteiger partial charge in [0.1, 0.15) is 0 Å². The lowest BCUT2D eigenvalue weighted by Gasteiger charge is -2.58. The van der Waals surface area contributed by atoms with Crippen LogP contribution in [0.15, 0.2) is 48.1 Å². The molecule has 4 rings (SSSR count). The van der Waals surface area contributed by atoms with Crippen LogP contribution in [0, 0.1) is 34.5 Å². The van der Waals surface area contributed by atoms with Crippen LogP contribution in [0.4, 0.5) is 0 Å². The molecular formula is C25H30O5. The zero-order chi connectivity index (χ0) is 22.0. The molecule has 4 aliphatic rings. The normalized spacial score (nSPS) is 42.2. The van der Waals surface area contributed by atoms with Crippen molar-refractivity contribution in [1.29, 1.82) is 0 Å². The summed E-state index contributed by atoms with van der Waals surface area (Å²) in [6.45, 7) is 13.7. The van der Waals surface area contributed by atoms with Crippen molar-refractivity contribution in [3.63, 3.8) is 0 Å². The summed E-state index contributed by atoms with van der Waals surface area (Å²) in [5.74, 6) is -1.08. The summed E-state index contributed by atoms with van der Waals surface area (Å²) in [5, 5.41) is 11.4. The van der Waals surface area contributed by atoms with Crippen molar-refractivity contribution in [3.8, 4) is 0 Å². The molecule has 0 aromatic rings. The van der Waals surface area contributed by atoms with Crippen molar-refractivity contribution in [1.82, 2.24) is 0 Å². The quantitative estimate of drug-likeness (QED) is 0.722. The van der Waals surface area contributed by atoms with Gasteiger partial charge in [-0.05, 0) is 59.8 Å². The van der Waals surface area contributed by atoms with Crippen LogP contribution in [-0.2, 0) is 19.1 Å². The lowest BCUT2D eigenvalue weighted by molar-refractivity contribution is -0.150. The standard InChI is InChI=1S/C25H30O5/c1-13-14(2)22(20(29)12-30-15(3)26)25(5)11-19(28)23-18(21(13)25)7-6-16-10-17(27)8-9-24(16,23)4/h8-10,18-19,21-23,28H,1-2,6-7,11-12H2,3-5H3/t18-,19?,21-,22+,23+,24-,25-/m0/s1. The smallest absolute Gasteiger partial charge is 0.303 e. The highest BCUT2D eigenvalue weighted by Gasteiger charge is 2.64. The Morgan fingerprint density at radius 1 is 1.27 bits per heavy atom. The third-order valence-corrected chi connectivity index (χ3v) is 8.24. The lowest BCUT2D eigenvalue weighted by Crippen LogP contribution is -2.56. The molecule has 160 valence electrons. The summed E-state index contributed by atoms with van der Waals surface area (Å²) >= 11 is 0. The van der Waals surface area contributed by atoms with Gasteiger partial charge in [0.15, 0.2) is 18.2 Å². The summed E-state index contributed by atoms with van der Waals surface area (Å²) in [7, 11) is 0. The number of aliphatic hydroxyl groups excluding tert-OH is 1. The van der Waals surface area contributed by atoms with E-state index in [9.17, 15) is 19.5 Å². The molecule has 0 aliphatic heterocycles. The van der Waals surface area contributed by atoms with Gasteiger partial charge in [-0.3, -0.25) is 14.4 Å². The van der Waals surface area contributed by atoms with Crippen LogP contribution < -0.4 is 0 Å². The Kier molecular flexibility index (Phi) is 4.81. The fraction of sp³-hybridized carbons (Fsp3) is 0.560. The number of carbonyl (C=O) groups excluding carboxylic acids is 3. The summed E-state index contributed by atoms with van der Waals surface area (Å²) in [5.41, 5.74) is 1.78. The van der Waals surface area contributed by atoms with E-state index in [1.807, 2.05) is 13.0 Å². The fourth-order valence-electron chi connectivity index (χ4n) is 7.16. The molecule has 5 nitrogen and oxygen atoms in total. The Hall–Kier alpha value is -2.27. The van der Waals surface area contributed by atoms with Crippen molar-refractivity contribution in [2.75, 3.05) is 6.61 Å². The van der Waals surface area contributed by atoms with E-state index >= 15 is 0 Å². The van der Waals surface area contributed by atoms with E-state index in [4.69, 9.17) is 4.74 Å². The maximum absolute atomic E-state index is 13.0. The molecule has 0 bridgehead atoms. The Bertz CT molecular complexity index is 924. The molecule has 5 heteroatoms. The molecule has 0 spiro atoms. The third-order valence-electron chi connectivity index (χ3n) is 8.24. The van der Waals surface area contributed by atoms with Crippen LogP contribution in [0.1, 0.15) is 40.0 Å². The first kappa shape index (κ1) is 21.0. The summed E-state index contributed by atoms with van der Waals surface area (Å²) in [6, 6.07) is 0. The first-order chi connectivity index (χ1) is 14.0. The van der Waals surface area contributed by atoms with Gasteiger partial charge in [-0.1, -0.05) is 38.7 Å². The molecule has 3 fully saturated rings. The van der Waals surface area contributed by atoms with Crippen molar-refractivity contribution in [2.45, 2.75) is 46.1 Å². The Morgan fingerprint density at radius 3 is 2.63 bits per heavy atom. The minimum absolute atomic E-state index is 0.00542. The van der Waals surface area contributed by atoms with Gasteiger partial charge >= 0.3 is 5.97 Å². The first-order valence-corrected chi connectivity index (χ1v) is 10.7. The molecule has 30 heavy (non-hydrogen) atoms. The minimum Gasteiger partial charge on any atom is -0.458 e. The number of fused-ring (bicyclic) bond motifs is 5. The highest BCUT2D eigenvalue weighted by atomic mass is 16.5. The predicted molar refractivity (Wildman–Crippen MR) is 112 cm³/mol. The number of ketones is 2. The topological polar surface area (TPSA) is 80.7 Å². The van der Waals surface area contributed by atoms with Gasteiger partial charge in [-0.15, -0.1) is 0 Å². The van der Waals surface area contributed by atoms with Crippen LogP contribution in [0.3, 0.4) is 0 Å². The zero-order valence-corrected chi connectivity index (χ0v) is 17.9. The molecule has 0 aromatic carbocycles. The number of rotatable bonds is 3. The van der Waals surface area contributed by atoms with Gasteiger partial charge in [-0.2, -0.15) is 0 Å². The average molecular weight is 411 g/mol. The molecule has 0 saturated heterocycles. The van der Waals surface area contributed by atoms with E-state index in [0.717, 1.165) is 24.0 Å². The molecule has 1 N–H and O–H groups in total. The van der Waals surface area contributed by atoms with Gasteiger partial charge in [-0.25, -0.2) is 0 Å². The van der Waals surface area contributed by atoms with Gasteiger partial charge in [0.2, 0.25) is 0 Å². The molecular weight excluding hydrogens is 380 g/mol. The van der Waals surface area contributed by atoms with E-state index in [-0.39, 0.29) is 41.3 Å². The summed E-state index contributed by atoms with van der Waals surface area (Å²) in [6.07, 6.45) is 6.75. The Balaban J connectivity index is 1.72. The van der Waals surface area contributed by atoms with Gasteiger partial charge in [0.05, 0.1) is 12.0 Å². The van der Waals surface area contributed by atoms with Crippen molar-refractivity contribution < 1.29 is 24.2 Å². The van der Waals surface area contributed by atoms with E-state index in [1.165, 1.54) is 6.92 Å². The van der Waals surface area contributed by atoms with E-state index in [0.29, 0.717) is 12.0 Å². The van der Waals surface area contributed by atoms with Crippen molar-refractivity contribution in [2.24, 2.45) is 34.5 Å². The number of Topliss-reactive ketones (excluding diaryl/α,β-unsaturated/α-hetero) is 1. The van der Waals surface area contributed by atoms with Crippen LogP contribution >= 0.6 is 0 Å². The second-order valence-corrected chi connectivity index (χ2v) is 9.90. The maximum Gasteiger partial charge on any atom is 0.303 e. The highest BCUT2D eigenvalue weighted by Crippen LogP contribution is 2.68. The average Bonchev–Trinajstić information content (AvgIpc) is 2.85. The zero-order valence-electron chi connectivity index (χ0n) is 17.9. The molecule has 1 unspecified atom stereocenters. The van der Waals surface area contributed by atoms with E-state index in [2.05, 4.69) is 20.1 Å². The molecule has 0 heterocycles. The number of allylic oxidation sites excluding steroid dienone is 6. The van der Waals surface area contributed by atoms with Gasteiger partial charge < -0.3 is 9.84 Å². The Labute approximate surface area is 177 Å². The van der Waals surface area contributed by atoms with Crippen LogP contribution in [0.2, 0.25) is 0 Å². The van der Waals surface area contributed by atoms with Gasteiger partial charge in [0.25, 0.3) is 0 Å². The largest absolute Gasteiger partial charge is 0.458 e. The number of carbonyl (C=O) groups is 3. The van der Waals surface area contributed by atoms with Crippen molar-refractivity contribution in [3.05, 3.63) is 48.1 Å². The van der Waals surface area contributed by atoms with E-state index in [1.54, 1.807) is 12.2 Å². The molecule has 7 atom stereocenters. The first-order valence-electron chi connectivity index (χ1n) is 10.7. The minimum atomic E-state index is -0.620. The molecule has 0 aromatic heterocycles. The number of aliphatic hydroxyl groups is 1. The predicted octanol–water partition coefficient (Wildman–Crippen LogP) is 3.35. The van der Waals surface area contributed by atoms with Crippen LogP contribution in [0.5, 0.6) is 0 Å². The second kappa shape index (κ2) is 6.88. The SMILES string of the molecule is C=C1C(=C)[C@H]2[C@@H]3CCC4=CC(=O)C=C[C@]4(C)[C@H]3C(O)C[C@]2(C)[C@H]1C(=O)COC(C)=O. The number of ether oxygens (including phenoxy) is 1. The fourth-order valence-corrected chi connectivity index (χ4v) is 7.16. The highest BCUT2D eigenvalue weighted by molar-refractivity contribution is 6.01. The number of hydrogen-bond acceptors (Lipinski definition) is 5. The van der Waals surface area contributed by atoms with Gasteiger partial charge in [0, 0.05) is 18.3 Å².